The normalized spacial score (nSPS) is 18.8. The van der Waals surface area contributed by atoms with Gasteiger partial charge in [-0.1, -0.05) is 23.7 Å². The predicted octanol–water partition coefficient (Wildman–Crippen LogP) is 4.39. The van der Waals surface area contributed by atoms with E-state index in [9.17, 15) is 8.42 Å². The van der Waals surface area contributed by atoms with Crippen LogP contribution in [0.1, 0.15) is 24.2 Å². The molecule has 1 aromatic heterocycles. The number of sulfone groups is 1. The zero-order valence-electron chi connectivity index (χ0n) is 16.2. The third-order valence-electron chi connectivity index (χ3n) is 5.02. The SMILES string of the molecule is COc1ccc(S(=O)(=O)C2C(C)=Nc3cc(C)nn3C2c2ccc(Cl)cc2)cc1. The fourth-order valence-electron chi connectivity index (χ4n) is 3.67. The minimum atomic E-state index is -3.76. The van der Waals surface area contributed by atoms with E-state index in [1.165, 1.54) is 0 Å². The molecule has 0 amide bonds. The van der Waals surface area contributed by atoms with Crippen LogP contribution in [0, 0.1) is 6.92 Å². The summed E-state index contributed by atoms with van der Waals surface area (Å²) in [5.41, 5.74) is 2.10. The number of halogens is 1. The van der Waals surface area contributed by atoms with Crippen LogP contribution in [0.3, 0.4) is 0 Å². The Hall–Kier alpha value is -2.64. The Balaban J connectivity index is 1.90. The fourth-order valence-corrected chi connectivity index (χ4v) is 5.72. The lowest BCUT2D eigenvalue weighted by molar-refractivity contribution is 0.414. The summed E-state index contributed by atoms with van der Waals surface area (Å²) in [7, 11) is -2.22. The van der Waals surface area contributed by atoms with Crippen molar-refractivity contribution in [2.75, 3.05) is 7.11 Å². The lowest BCUT2D eigenvalue weighted by atomic mass is 10.00. The van der Waals surface area contributed by atoms with Gasteiger partial charge in [-0.05, 0) is 55.8 Å². The Kier molecular flexibility index (Phi) is 4.96. The van der Waals surface area contributed by atoms with Gasteiger partial charge in [0, 0.05) is 16.8 Å². The molecule has 150 valence electrons. The first-order chi connectivity index (χ1) is 13.8. The summed E-state index contributed by atoms with van der Waals surface area (Å²) in [6.07, 6.45) is 0. The summed E-state index contributed by atoms with van der Waals surface area (Å²) in [5, 5.41) is 4.23. The van der Waals surface area contributed by atoms with E-state index >= 15 is 0 Å². The molecule has 0 bridgehead atoms. The van der Waals surface area contributed by atoms with Crippen LogP contribution in [0.5, 0.6) is 5.75 Å². The first-order valence-corrected chi connectivity index (χ1v) is 11.0. The molecule has 0 radical (unpaired) electrons. The molecule has 6 nitrogen and oxygen atoms in total. The molecule has 2 heterocycles. The van der Waals surface area contributed by atoms with E-state index in [2.05, 4.69) is 10.1 Å². The van der Waals surface area contributed by atoms with Crippen LogP contribution in [-0.4, -0.2) is 36.3 Å². The third-order valence-corrected chi connectivity index (χ3v) is 7.47. The van der Waals surface area contributed by atoms with Gasteiger partial charge in [-0.25, -0.2) is 18.1 Å². The van der Waals surface area contributed by atoms with Gasteiger partial charge in [0.05, 0.1) is 17.7 Å². The van der Waals surface area contributed by atoms with E-state index in [1.54, 1.807) is 55.1 Å². The van der Waals surface area contributed by atoms with Crippen LogP contribution in [0.25, 0.3) is 0 Å². The molecule has 1 aliphatic rings. The summed E-state index contributed by atoms with van der Waals surface area (Å²) in [6, 6.07) is 14.9. The smallest absolute Gasteiger partial charge is 0.189 e. The van der Waals surface area contributed by atoms with E-state index in [1.807, 2.05) is 25.1 Å². The number of aryl methyl sites for hydroxylation is 1. The van der Waals surface area contributed by atoms with Gasteiger partial charge in [0.15, 0.2) is 15.7 Å². The molecule has 0 fully saturated rings. The van der Waals surface area contributed by atoms with E-state index in [4.69, 9.17) is 16.3 Å². The summed E-state index contributed by atoms with van der Waals surface area (Å²) < 4.78 is 34.2. The van der Waals surface area contributed by atoms with Gasteiger partial charge in [-0.2, -0.15) is 5.10 Å². The average molecular weight is 430 g/mol. The molecule has 2 atom stereocenters. The third kappa shape index (κ3) is 3.45. The molecule has 0 saturated carbocycles. The summed E-state index contributed by atoms with van der Waals surface area (Å²) >= 11 is 6.06. The van der Waals surface area contributed by atoms with Gasteiger partial charge in [0.2, 0.25) is 0 Å². The van der Waals surface area contributed by atoms with E-state index in [-0.39, 0.29) is 4.90 Å². The summed E-state index contributed by atoms with van der Waals surface area (Å²) in [4.78, 5) is 4.77. The van der Waals surface area contributed by atoms with Crippen LogP contribution < -0.4 is 4.74 Å². The quantitative estimate of drug-likeness (QED) is 0.616. The van der Waals surface area contributed by atoms with E-state index in [0.717, 1.165) is 11.3 Å². The monoisotopic (exact) mass is 429 g/mol. The second kappa shape index (κ2) is 7.31. The number of hydrogen-bond donors (Lipinski definition) is 0. The second-order valence-corrected chi connectivity index (χ2v) is 9.48. The van der Waals surface area contributed by atoms with Gasteiger partial charge in [0.1, 0.15) is 17.0 Å². The molecule has 2 unspecified atom stereocenters. The molecule has 0 spiro atoms. The van der Waals surface area contributed by atoms with Crippen molar-refractivity contribution in [2.45, 2.75) is 30.0 Å². The number of benzene rings is 2. The lowest BCUT2D eigenvalue weighted by Gasteiger charge is -2.31. The van der Waals surface area contributed by atoms with Crippen LogP contribution in [0.2, 0.25) is 5.02 Å². The number of nitrogens with zero attached hydrogens (tertiary/aromatic N) is 3. The Morgan fingerprint density at radius 3 is 2.31 bits per heavy atom. The van der Waals surface area contributed by atoms with Crippen molar-refractivity contribution in [1.82, 2.24) is 9.78 Å². The maximum Gasteiger partial charge on any atom is 0.189 e. The minimum absolute atomic E-state index is 0.212. The number of fused-ring (bicyclic) bond motifs is 1. The standard InChI is InChI=1S/C21H20ClN3O3S/c1-13-12-19-23-14(2)21(29(26,27)18-10-8-17(28-3)9-11-18)20(25(19)24-13)15-4-6-16(22)7-5-15/h4-12,20-21H,1-3H3. The first-order valence-electron chi connectivity index (χ1n) is 9.06. The number of methoxy groups -OCH3 is 1. The maximum atomic E-state index is 13.7. The highest BCUT2D eigenvalue weighted by molar-refractivity contribution is 7.92. The topological polar surface area (TPSA) is 73.6 Å². The number of ether oxygens (including phenoxy) is 1. The Labute approximate surface area is 174 Å². The first kappa shape index (κ1) is 19.7. The van der Waals surface area contributed by atoms with Crippen LogP contribution in [0.4, 0.5) is 5.82 Å². The molecule has 0 saturated heterocycles. The van der Waals surface area contributed by atoms with Crippen molar-refractivity contribution in [3.8, 4) is 5.75 Å². The van der Waals surface area contributed by atoms with Crippen LogP contribution >= 0.6 is 11.6 Å². The maximum absolute atomic E-state index is 13.7. The van der Waals surface area contributed by atoms with Gasteiger partial charge >= 0.3 is 0 Å². The zero-order valence-corrected chi connectivity index (χ0v) is 17.8. The highest BCUT2D eigenvalue weighted by Crippen LogP contribution is 2.38. The van der Waals surface area contributed by atoms with Crippen molar-refractivity contribution < 1.29 is 13.2 Å². The van der Waals surface area contributed by atoms with E-state index < -0.39 is 21.1 Å². The van der Waals surface area contributed by atoms with Gasteiger partial charge in [-0.15, -0.1) is 0 Å². The van der Waals surface area contributed by atoms with Gasteiger partial charge < -0.3 is 4.74 Å². The molecule has 2 aromatic carbocycles. The van der Waals surface area contributed by atoms with Crippen LogP contribution in [-0.2, 0) is 9.84 Å². The number of hydrogen-bond acceptors (Lipinski definition) is 5. The van der Waals surface area contributed by atoms with Crippen LogP contribution in [0.15, 0.2) is 64.5 Å². The fraction of sp³-hybridized carbons (Fsp3) is 0.238. The average Bonchev–Trinajstić information content (AvgIpc) is 3.07. The molecule has 4 rings (SSSR count). The Morgan fingerprint density at radius 2 is 1.69 bits per heavy atom. The highest BCUT2D eigenvalue weighted by atomic mass is 35.5. The molecule has 0 N–H and O–H groups in total. The predicted molar refractivity (Wildman–Crippen MR) is 113 cm³/mol. The Morgan fingerprint density at radius 1 is 1.03 bits per heavy atom. The molecule has 1 aliphatic heterocycles. The van der Waals surface area contributed by atoms with Crippen molar-refractivity contribution in [3.05, 3.63) is 70.9 Å². The lowest BCUT2D eigenvalue weighted by Crippen LogP contribution is -2.41. The molecule has 29 heavy (non-hydrogen) atoms. The second-order valence-electron chi connectivity index (χ2n) is 6.98. The molecule has 8 heteroatoms. The number of rotatable bonds is 4. The molecular weight excluding hydrogens is 410 g/mol. The molecular formula is C21H20ClN3O3S. The Bertz CT molecular complexity index is 1180. The molecule has 3 aromatic rings. The van der Waals surface area contributed by atoms with Gasteiger partial charge in [-0.3, -0.25) is 0 Å². The molecule has 0 aliphatic carbocycles. The minimum Gasteiger partial charge on any atom is -0.497 e. The summed E-state index contributed by atoms with van der Waals surface area (Å²) in [5.74, 6) is 1.23. The zero-order chi connectivity index (χ0) is 20.8. The van der Waals surface area contributed by atoms with Crippen molar-refractivity contribution in [1.29, 1.82) is 0 Å². The van der Waals surface area contributed by atoms with Crippen molar-refractivity contribution >= 4 is 33.0 Å². The highest BCUT2D eigenvalue weighted by Gasteiger charge is 2.42. The number of aliphatic imine (C=N–C) groups is 1. The van der Waals surface area contributed by atoms with Crippen molar-refractivity contribution in [2.24, 2.45) is 4.99 Å². The number of aromatic nitrogens is 2. The largest absolute Gasteiger partial charge is 0.497 e. The van der Waals surface area contributed by atoms with Gasteiger partial charge in [0.25, 0.3) is 0 Å². The van der Waals surface area contributed by atoms with E-state index in [0.29, 0.717) is 22.3 Å². The summed E-state index contributed by atoms with van der Waals surface area (Å²) in [6.45, 7) is 3.61. The van der Waals surface area contributed by atoms with Crippen molar-refractivity contribution in [3.63, 3.8) is 0 Å².